The minimum atomic E-state index is -1.18. The highest BCUT2D eigenvalue weighted by Crippen LogP contribution is 2.46. The number of benzene rings is 1. The Kier molecular flexibility index (Phi) is 22.0. The van der Waals surface area contributed by atoms with Crippen molar-refractivity contribution >= 4 is 47.3 Å². The predicted molar refractivity (Wildman–Crippen MR) is 309 cm³/mol. The quantitative estimate of drug-likeness (QED) is 0.0796. The van der Waals surface area contributed by atoms with Gasteiger partial charge in [-0.2, -0.15) is 0 Å². The van der Waals surface area contributed by atoms with E-state index in [2.05, 4.69) is 21.4 Å². The third-order valence-electron chi connectivity index (χ3n) is 18.0. The molecule has 0 aliphatic carbocycles. The summed E-state index contributed by atoms with van der Waals surface area (Å²) >= 11 is 0. The molecule has 0 aromatic heterocycles. The lowest BCUT2D eigenvalue weighted by Crippen LogP contribution is -2.70. The fraction of sp³-hybridized carbons (Fsp3) is 0.656. The van der Waals surface area contributed by atoms with Crippen LogP contribution in [0.5, 0.6) is 5.75 Å². The SMILES string of the molecule is CC[C@H]1C[C@H](C)[C@@]2(NC1=O)O[C@@H](C[C@H](OC(C)=O)[C@@H](C)CC/C=C/C=C(\C)[C@@H]1C/C=C/C=C/[C@@H]3O[C@@]4(C)CC[C@@H](C(=O)N[C@@H](C(C)C)C(=O)N[C@@H](Cc5cccc(OC(C)=O)c5)C(=O)N5CCC[C@H](N5)C(=O)O1)[C@H](O4)[C@H]3C)[C@H](C)C(=O)[C@@H]2C. The number of Topliss-reactive ketones (excluding diaryl/α,β-unsaturated/α-hetero) is 1. The van der Waals surface area contributed by atoms with Crippen molar-refractivity contribution in [3.63, 3.8) is 0 Å². The van der Waals surface area contributed by atoms with Crippen molar-refractivity contribution in [2.45, 2.75) is 214 Å². The Hall–Kier alpha value is -6.02. The van der Waals surface area contributed by atoms with Gasteiger partial charge in [-0.05, 0) is 93.9 Å². The molecule has 7 rings (SSSR count). The summed E-state index contributed by atoms with van der Waals surface area (Å²) in [6.45, 7) is 22.0. The highest BCUT2D eigenvalue weighted by molar-refractivity contribution is 5.93. The molecule has 19 heteroatoms. The summed E-state index contributed by atoms with van der Waals surface area (Å²) in [5.74, 6) is -6.32. The van der Waals surface area contributed by atoms with Gasteiger partial charge in [0.05, 0.1) is 30.1 Å². The molecule has 5 fully saturated rings. The van der Waals surface area contributed by atoms with E-state index in [1.807, 2.05) is 112 Å². The van der Waals surface area contributed by atoms with Gasteiger partial charge >= 0.3 is 17.9 Å². The Morgan fingerprint density at radius 3 is 2.39 bits per heavy atom. The number of hydrogen-bond acceptors (Lipinski definition) is 15. The largest absolute Gasteiger partial charge is 0.462 e. The van der Waals surface area contributed by atoms with Gasteiger partial charge in [-0.25, -0.2) is 5.43 Å². The van der Waals surface area contributed by atoms with E-state index in [4.69, 9.17) is 28.4 Å². The molecule has 6 heterocycles. The molecule has 5 saturated heterocycles. The molecule has 4 N–H and O–H groups in total. The maximum atomic E-state index is 14.8. The van der Waals surface area contributed by atoms with Gasteiger partial charge in [0, 0.05) is 69.7 Å². The summed E-state index contributed by atoms with van der Waals surface area (Å²) in [5, 5.41) is 10.4. The first-order valence-electron chi connectivity index (χ1n) is 30.2. The standard InChI is InChI=1S/C64H91N5O14/c1-13-46-32-39(6)64(67-58(46)73)42(9)56(72)40(7)54(82-64)35-53(79-44(11)71)38(5)23-17-14-16-22-37(4)51-27-18-15-19-28-52-41(8)57-48(29-30-63(12,81-52)83-57)59(74)66-55(36(2)3)60(75)65-50(34-45-24-20-25-47(33-45)78-43(10)70)61(76)69-31-21-26-49(68-69)62(77)80-51/h14-16,18-20,22,24-25,28,33,36,38-42,46,48-55,57,68H,13,17,21,23,26-27,29-32,34-35H2,1-12H3,(H,65,75)(H,66,74)(H,67,73)/b16-14+,18-15+,28-19+,37-22+/t38-,39-,40-,41-,42-,46-,48+,49-,50-,51-,52-,53-,54-,55-,57+,63+,64+/m0/s1. The number of nitrogens with zero attached hydrogens (tertiary/aromatic N) is 1. The van der Waals surface area contributed by atoms with Crippen LogP contribution < -0.4 is 26.1 Å². The molecule has 1 aromatic carbocycles. The van der Waals surface area contributed by atoms with Crippen LogP contribution in [0.1, 0.15) is 153 Å². The van der Waals surface area contributed by atoms with Crippen LogP contribution >= 0.6 is 0 Å². The smallest absolute Gasteiger partial charge is 0.325 e. The monoisotopic (exact) mass is 1150 g/mol. The summed E-state index contributed by atoms with van der Waals surface area (Å²) in [6.07, 6.45) is 15.5. The van der Waals surface area contributed by atoms with E-state index in [1.165, 1.54) is 18.9 Å². The Labute approximate surface area is 490 Å². The fourth-order valence-electron chi connectivity index (χ4n) is 12.8. The van der Waals surface area contributed by atoms with E-state index in [0.717, 1.165) is 5.57 Å². The van der Waals surface area contributed by atoms with E-state index in [9.17, 15) is 38.4 Å². The summed E-state index contributed by atoms with van der Waals surface area (Å²) in [4.78, 5) is 109. The van der Waals surface area contributed by atoms with Gasteiger partial charge in [0.1, 0.15) is 41.9 Å². The number of hydrogen-bond donors (Lipinski definition) is 4. The van der Waals surface area contributed by atoms with E-state index < -0.39 is 108 Å². The first-order valence-corrected chi connectivity index (χ1v) is 30.2. The second kappa shape index (κ2) is 28.2. The second-order valence-electron chi connectivity index (χ2n) is 24.7. The molecule has 5 bridgehead atoms. The normalized spacial score (nSPS) is 35.5. The van der Waals surface area contributed by atoms with E-state index in [0.29, 0.717) is 63.4 Å². The predicted octanol–water partition coefficient (Wildman–Crippen LogP) is 7.61. The number of ether oxygens (including phenoxy) is 6. The Bertz CT molecular complexity index is 2670. The van der Waals surface area contributed by atoms with Crippen LogP contribution in [-0.4, -0.2) is 119 Å². The number of fused-ring (bicyclic) bond motifs is 4. The number of rotatable bonds is 14. The zero-order valence-corrected chi connectivity index (χ0v) is 50.7. The lowest BCUT2D eigenvalue weighted by atomic mass is 9.70. The highest BCUT2D eigenvalue weighted by Gasteiger charge is 2.58. The van der Waals surface area contributed by atoms with Crippen LogP contribution in [0.25, 0.3) is 0 Å². The van der Waals surface area contributed by atoms with Crippen LogP contribution in [0.3, 0.4) is 0 Å². The van der Waals surface area contributed by atoms with Gasteiger partial charge in [-0.15, -0.1) is 0 Å². The van der Waals surface area contributed by atoms with Crippen molar-refractivity contribution in [3.8, 4) is 5.75 Å². The number of hydrazine groups is 1. The third-order valence-corrected chi connectivity index (χ3v) is 18.0. The number of allylic oxidation sites excluding steroid dienone is 5. The summed E-state index contributed by atoms with van der Waals surface area (Å²) in [5.41, 5.74) is 3.31. The zero-order chi connectivity index (χ0) is 60.5. The van der Waals surface area contributed by atoms with Crippen molar-refractivity contribution in [1.29, 1.82) is 0 Å². The summed E-state index contributed by atoms with van der Waals surface area (Å²) in [7, 11) is 0. The van der Waals surface area contributed by atoms with Crippen molar-refractivity contribution < 1.29 is 66.8 Å². The molecule has 17 atom stereocenters. The van der Waals surface area contributed by atoms with E-state index in [1.54, 1.807) is 24.3 Å². The third kappa shape index (κ3) is 15.8. The number of amides is 4. The van der Waals surface area contributed by atoms with Gasteiger partial charge in [-0.1, -0.05) is 110 Å². The molecule has 0 saturated carbocycles. The molecule has 6 aliphatic heterocycles. The molecule has 83 heavy (non-hydrogen) atoms. The van der Waals surface area contributed by atoms with Crippen LogP contribution in [-0.2, 0) is 68.5 Å². The van der Waals surface area contributed by atoms with E-state index >= 15 is 0 Å². The number of piperidine rings is 1. The van der Waals surface area contributed by atoms with Crippen LogP contribution in [0.15, 0.2) is 72.4 Å². The average molecular weight is 1150 g/mol. The van der Waals surface area contributed by atoms with Gasteiger partial charge in [0.15, 0.2) is 11.5 Å². The van der Waals surface area contributed by atoms with Crippen molar-refractivity contribution in [1.82, 2.24) is 26.4 Å². The fourth-order valence-corrected chi connectivity index (χ4v) is 12.8. The minimum Gasteiger partial charge on any atom is -0.462 e. The van der Waals surface area contributed by atoms with Crippen molar-refractivity contribution in [3.05, 3.63) is 77.9 Å². The number of carbonyl (C=O) groups excluding carboxylic acids is 8. The van der Waals surface area contributed by atoms with Crippen molar-refractivity contribution in [2.24, 2.45) is 47.3 Å². The zero-order valence-electron chi connectivity index (χ0n) is 50.7. The molecule has 1 spiro atoms. The summed E-state index contributed by atoms with van der Waals surface area (Å²) < 4.78 is 37.4. The van der Waals surface area contributed by atoms with Crippen LogP contribution in [0.4, 0.5) is 0 Å². The Balaban J connectivity index is 1.10. The lowest BCUT2D eigenvalue weighted by Gasteiger charge is -2.54. The Morgan fingerprint density at radius 2 is 1.67 bits per heavy atom. The molecule has 0 radical (unpaired) electrons. The van der Waals surface area contributed by atoms with E-state index in [-0.39, 0.29) is 72.3 Å². The molecular weight excluding hydrogens is 1060 g/mol. The number of ketones is 1. The van der Waals surface area contributed by atoms with Gasteiger partial charge < -0.3 is 44.4 Å². The molecule has 19 nitrogen and oxygen atoms in total. The molecule has 6 aliphatic rings. The summed E-state index contributed by atoms with van der Waals surface area (Å²) in [6, 6.07) is 3.57. The molecule has 0 unspecified atom stereocenters. The van der Waals surface area contributed by atoms with Gasteiger partial charge in [-0.3, -0.25) is 43.4 Å². The van der Waals surface area contributed by atoms with Crippen molar-refractivity contribution in [2.75, 3.05) is 6.54 Å². The topological polar surface area (TPSA) is 243 Å². The first kappa shape index (κ1) is 64.5. The lowest BCUT2D eigenvalue weighted by molar-refractivity contribution is -0.344. The highest BCUT2D eigenvalue weighted by atomic mass is 16.7. The van der Waals surface area contributed by atoms with Gasteiger partial charge in [0.2, 0.25) is 17.7 Å². The number of esters is 3. The Morgan fingerprint density at radius 1 is 0.916 bits per heavy atom. The molecule has 4 amide bonds. The maximum Gasteiger partial charge on any atom is 0.325 e. The molecular formula is C64H91N5O14. The maximum absolute atomic E-state index is 14.8. The average Bonchev–Trinajstić information content (AvgIpc) is 1.65. The minimum absolute atomic E-state index is 0.00930. The number of cyclic esters (lactones) is 1. The van der Waals surface area contributed by atoms with Crippen LogP contribution in [0, 0.1) is 47.3 Å². The number of carbonyl (C=O) groups is 8. The van der Waals surface area contributed by atoms with Crippen LogP contribution in [0.2, 0.25) is 0 Å². The molecule has 1 aromatic rings. The second-order valence-corrected chi connectivity index (χ2v) is 24.7. The first-order chi connectivity index (χ1) is 39.3. The van der Waals surface area contributed by atoms with Gasteiger partial charge in [0.25, 0.3) is 5.91 Å². The molecule has 456 valence electrons. The number of nitrogens with one attached hydrogen (secondary N) is 4.